The summed E-state index contributed by atoms with van der Waals surface area (Å²) in [7, 11) is 1.59. The topological polar surface area (TPSA) is 60.2 Å². The van der Waals surface area contributed by atoms with Gasteiger partial charge in [-0.1, -0.05) is 0 Å². The Balaban J connectivity index is 2.17. The number of anilines is 1. The van der Waals surface area contributed by atoms with E-state index in [4.69, 9.17) is 10.5 Å². The third kappa shape index (κ3) is 2.21. The second-order valence-electron chi connectivity index (χ2n) is 3.89. The lowest BCUT2D eigenvalue weighted by Crippen LogP contribution is -2.26. The lowest BCUT2D eigenvalue weighted by molar-refractivity contribution is 0.398. The van der Waals surface area contributed by atoms with Crippen molar-refractivity contribution in [3.8, 4) is 5.88 Å². The van der Waals surface area contributed by atoms with E-state index >= 15 is 0 Å². The number of pyridine rings is 1. The van der Waals surface area contributed by atoms with Crippen LogP contribution in [0.5, 0.6) is 5.88 Å². The van der Waals surface area contributed by atoms with E-state index in [0.717, 1.165) is 25.9 Å². The molecule has 4 nitrogen and oxygen atoms in total. The summed E-state index contributed by atoms with van der Waals surface area (Å²) in [6.07, 6.45) is 4.20. The third-order valence-electron chi connectivity index (χ3n) is 2.90. The minimum absolute atomic E-state index is 0.521. The average Bonchev–Trinajstić information content (AvgIpc) is 2.30. The Hall–Kier alpha value is -1.29. The molecule has 0 unspecified atom stereocenters. The van der Waals surface area contributed by atoms with Crippen LogP contribution in [0.2, 0.25) is 0 Å². The van der Waals surface area contributed by atoms with E-state index in [0.29, 0.717) is 17.5 Å². The van der Waals surface area contributed by atoms with Crippen molar-refractivity contribution < 1.29 is 4.74 Å². The molecule has 4 heteroatoms. The fourth-order valence-corrected chi connectivity index (χ4v) is 2.04. The molecule has 0 amide bonds. The van der Waals surface area contributed by atoms with Crippen molar-refractivity contribution in [2.45, 2.75) is 18.8 Å². The lowest BCUT2D eigenvalue weighted by Gasteiger charge is -2.23. The number of nitrogens with one attached hydrogen (secondary N) is 1. The molecular weight excluding hydrogens is 190 g/mol. The van der Waals surface area contributed by atoms with Crippen molar-refractivity contribution in [3.05, 3.63) is 17.8 Å². The zero-order valence-electron chi connectivity index (χ0n) is 8.99. The summed E-state index contributed by atoms with van der Waals surface area (Å²) in [4.78, 5) is 4.20. The van der Waals surface area contributed by atoms with Crippen LogP contribution in [0, 0.1) is 0 Å². The van der Waals surface area contributed by atoms with E-state index in [9.17, 15) is 0 Å². The molecule has 0 bridgehead atoms. The fraction of sp³-hybridized carbons (Fsp3) is 0.545. The summed E-state index contributed by atoms with van der Waals surface area (Å²) in [6.45, 7) is 2.16. The molecule has 1 fully saturated rings. The molecule has 2 heterocycles. The van der Waals surface area contributed by atoms with Gasteiger partial charge >= 0.3 is 0 Å². The molecule has 1 aromatic rings. The molecule has 15 heavy (non-hydrogen) atoms. The highest BCUT2D eigenvalue weighted by molar-refractivity contribution is 5.50. The minimum atomic E-state index is 0.521. The largest absolute Gasteiger partial charge is 0.480 e. The second kappa shape index (κ2) is 4.49. The number of aromatic nitrogens is 1. The van der Waals surface area contributed by atoms with E-state index in [1.54, 1.807) is 7.11 Å². The van der Waals surface area contributed by atoms with Crippen molar-refractivity contribution >= 4 is 5.69 Å². The Bertz CT molecular complexity index is 335. The molecule has 0 radical (unpaired) electrons. The predicted molar refractivity (Wildman–Crippen MR) is 60.0 cm³/mol. The Kier molecular flexibility index (Phi) is 3.06. The summed E-state index contributed by atoms with van der Waals surface area (Å²) >= 11 is 0. The van der Waals surface area contributed by atoms with E-state index < -0.39 is 0 Å². The quantitative estimate of drug-likeness (QED) is 0.763. The van der Waals surface area contributed by atoms with Crippen molar-refractivity contribution in [1.29, 1.82) is 0 Å². The molecule has 1 aliphatic heterocycles. The Labute approximate surface area is 89.8 Å². The fourth-order valence-electron chi connectivity index (χ4n) is 2.04. The molecule has 1 aliphatic rings. The molecule has 2 rings (SSSR count). The smallest absolute Gasteiger partial charge is 0.236 e. The third-order valence-corrected chi connectivity index (χ3v) is 2.90. The minimum Gasteiger partial charge on any atom is -0.480 e. The number of hydrogen-bond acceptors (Lipinski definition) is 4. The van der Waals surface area contributed by atoms with Crippen molar-refractivity contribution in [1.82, 2.24) is 10.3 Å². The standard InChI is InChI=1S/C11H17N3O/c1-15-11-10(12)6-9(7-14-11)8-2-4-13-5-3-8/h6-8,13H,2-5,12H2,1H3. The maximum Gasteiger partial charge on any atom is 0.236 e. The average molecular weight is 207 g/mol. The van der Waals surface area contributed by atoms with E-state index in [1.165, 1.54) is 5.56 Å². The number of nitrogens with two attached hydrogens (primary N) is 1. The van der Waals surface area contributed by atoms with Gasteiger partial charge in [0.1, 0.15) is 0 Å². The molecule has 0 saturated carbocycles. The normalized spacial score (nSPS) is 17.7. The summed E-state index contributed by atoms with van der Waals surface area (Å²) in [5, 5.41) is 3.35. The van der Waals surface area contributed by atoms with Gasteiger partial charge < -0.3 is 15.8 Å². The molecule has 0 spiro atoms. The monoisotopic (exact) mass is 207 g/mol. The van der Waals surface area contributed by atoms with Gasteiger partial charge in [-0.15, -0.1) is 0 Å². The van der Waals surface area contributed by atoms with Gasteiger partial charge in [0.25, 0.3) is 0 Å². The van der Waals surface area contributed by atoms with Gasteiger partial charge in [0.2, 0.25) is 5.88 Å². The first-order valence-corrected chi connectivity index (χ1v) is 5.31. The van der Waals surface area contributed by atoms with Gasteiger partial charge in [-0.25, -0.2) is 4.98 Å². The molecule has 0 aromatic carbocycles. The SMILES string of the molecule is COc1ncc(C2CCNCC2)cc1N. The maximum absolute atomic E-state index is 5.84. The van der Waals surface area contributed by atoms with Crippen molar-refractivity contribution in [2.75, 3.05) is 25.9 Å². The van der Waals surface area contributed by atoms with Gasteiger partial charge in [0.05, 0.1) is 12.8 Å². The molecule has 82 valence electrons. The first-order chi connectivity index (χ1) is 7.31. The van der Waals surface area contributed by atoms with Crippen LogP contribution in [-0.2, 0) is 0 Å². The number of nitrogens with zero attached hydrogens (tertiary/aromatic N) is 1. The number of hydrogen-bond donors (Lipinski definition) is 2. The zero-order valence-corrected chi connectivity index (χ0v) is 8.99. The van der Waals surface area contributed by atoms with E-state index in [2.05, 4.69) is 10.3 Å². The summed E-state index contributed by atoms with van der Waals surface area (Å²) in [6, 6.07) is 1.99. The predicted octanol–water partition coefficient (Wildman–Crippen LogP) is 1.14. The van der Waals surface area contributed by atoms with Gasteiger partial charge in [0, 0.05) is 6.20 Å². The maximum atomic E-state index is 5.84. The summed E-state index contributed by atoms with van der Waals surface area (Å²) in [5.74, 6) is 1.11. The first-order valence-electron chi connectivity index (χ1n) is 5.31. The van der Waals surface area contributed by atoms with Crippen LogP contribution in [-0.4, -0.2) is 25.2 Å². The van der Waals surface area contributed by atoms with Gasteiger partial charge in [0.15, 0.2) is 0 Å². The Morgan fingerprint density at radius 2 is 2.20 bits per heavy atom. The molecule has 3 N–H and O–H groups in total. The number of nitrogen functional groups attached to an aromatic ring is 1. The van der Waals surface area contributed by atoms with Gasteiger partial charge in [-0.05, 0) is 43.5 Å². The highest BCUT2D eigenvalue weighted by Gasteiger charge is 2.16. The van der Waals surface area contributed by atoms with E-state index in [1.807, 2.05) is 12.3 Å². The molecule has 0 aliphatic carbocycles. The van der Waals surface area contributed by atoms with Crippen molar-refractivity contribution in [2.24, 2.45) is 0 Å². The summed E-state index contributed by atoms with van der Waals surface area (Å²) in [5.41, 5.74) is 7.70. The Morgan fingerprint density at radius 3 is 2.80 bits per heavy atom. The zero-order chi connectivity index (χ0) is 10.7. The van der Waals surface area contributed by atoms with Crippen LogP contribution in [0.4, 0.5) is 5.69 Å². The van der Waals surface area contributed by atoms with Crippen molar-refractivity contribution in [3.63, 3.8) is 0 Å². The molecular formula is C11H17N3O. The highest BCUT2D eigenvalue weighted by Crippen LogP contribution is 2.28. The summed E-state index contributed by atoms with van der Waals surface area (Å²) < 4.78 is 5.04. The number of rotatable bonds is 2. The first kappa shape index (κ1) is 10.2. The van der Waals surface area contributed by atoms with Crippen LogP contribution in [0.3, 0.4) is 0 Å². The lowest BCUT2D eigenvalue weighted by atomic mass is 9.91. The Morgan fingerprint density at radius 1 is 1.47 bits per heavy atom. The number of piperidine rings is 1. The van der Waals surface area contributed by atoms with Crippen LogP contribution in [0.25, 0.3) is 0 Å². The van der Waals surface area contributed by atoms with Crippen LogP contribution < -0.4 is 15.8 Å². The van der Waals surface area contributed by atoms with Gasteiger partial charge in [-0.2, -0.15) is 0 Å². The highest BCUT2D eigenvalue weighted by atomic mass is 16.5. The van der Waals surface area contributed by atoms with Crippen LogP contribution in [0.1, 0.15) is 24.3 Å². The second-order valence-corrected chi connectivity index (χ2v) is 3.89. The van der Waals surface area contributed by atoms with E-state index in [-0.39, 0.29) is 0 Å². The van der Waals surface area contributed by atoms with Crippen LogP contribution >= 0.6 is 0 Å². The molecule has 0 atom stereocenters. The van der Waals surface area contributed by atoms with Crippen LogP contribution in [0.15, 0.2) is 12.3 Å². The molecule has 1 aromatic heterocycles. The number of ether oxygens (including phenoxy) is 1. The number of methoxy groups -OCH3 is 1. The molecule has 1 saturated heterocycles. The van der Waals surface area contributed by atoms with Gasteiger partial charge in [-0.3, -0.25) is 0 Å².